The molecular weight excluding hydrogens is 276 g/mol. The quantitative estimate of drug-likeness (QED) is 0.472. The van der Waals surface area contributed by atoms with Crippen LogP contribution in [-0.2, 0) is 3.74 Å². The van der Waals surface area contributed by atoms with E-state index in [-0.39, 0.29) is 88.6 Å². The Morgan fingerprint density at radius 3 is 1.11 bits per heavy atom. The van der Waals surface area contributed by atoms with Crippen LogP contribution < -0.4 is 55.5 Å². The summed E-state index contributed by atoms with van der Waals surface area (Å²) in [4.78, 5) is 0. The van der Waals surface area contributed by atoms with E-state index in [1.165, 1.54) is 11.4 Å². The van der Waals surface area contributed by atoms with Crippen molar-refractivity contribution in [2.45, 2.75) is 11.4 Å². The van der Waals surface area contributed by atoms with Gasteiger partial charge in [0.2, 0.25) is 0 Å². The molecule has 0 aliphatic carbocycles. The molecule has 0 radical (unpaired) electrons. The predicted molar refractivity (Wildman–Crippen MR) is 39.9 cm³/mol. The minimum Gasteiger partial charge on any atom is -0.147 e. The molecule has 0 N–H and O–H groups in total. The monoisotopic (exact) mass is 284 g/mol. The van der Waals surface area contributed by atoms with Crippen LogP contribution in [0.4, 0.5) is 0 Å². The summed E-state index contributed by atoms with van der Waals surface area (Å²) in [6.45, 7) is 0. The third kappa shape index (κ3) is 106. The molecule has 0 spiro atoms. The Kier molecular flexibility index (Phi) is 44.3. The Balaban J connectivity index is -0.0000000133. The molecule has 0 saturated carbocycles. The van der Waals surface area contributed by atoms with Crippen LogP contribution in [0.25, 0.3) is 0 Å². The van der Waals surface area contributed by atoms with Gasteiger partial charge in [-0.25, -0.2) is 0 Å². The van der Waals surface area contributed by atoms with Gasteiger partial charge in [0.1, 0.15) is 0 Å². The SMILES string of the molecule is C[As](C)(=O)[O-].Cl.Cl.Cl.[K+]. The molecule has 0 aliphatic rings. The van der Waals surface area contributed by atoms with E-state index in [1.807, 2.05) is 0 Å². The molecule has 0 heterocycles. The molecule has 0 atom stereocenters. The average molecular weight is 285 g/mol. The smallest absolute Gasteiger partial charge is 0.147 e. The molecule has 0 aromatic heterocycles. The maximum absolute atomic E-state index is 9.72. The predicted octanol–water partition coefficient (Wildman–Crippen LogP) is -2.25. The molecule has 0 saturated heterocycles. The van der Waals surface area contributed by atoms with Crippen molar-refractivity contribution < 1.29 is 59.2 Å². The van der Waals surface area contributed by atoms with Crippen molar-refractivity contribution in [1.82, 2.24) is 0 Å². The largest absolute Gasteiger partial charge is 1.00 e. The van der Waals surface area contributed by atoms with Gasteiger partial charge in [-0.3, -0.25) is 0 Å². The first-order chi connectivity index (χ1) is 2.00. The van der Waals surface area contributed by atoms with Crippen molar-refractivity contribution in [2.24, 2.45) is 0 Å². The molecule has 0 fully saturated rings. The van der Waals surface area contributed by atoms with E-state index in [4.69, 9.17) is 0 Å². The standard InChI is InChI=1S/C2H7AsO2.3ClH.K/c1-3(2,4)5;;;;/h1-2H3,(H,4,5);3*1H;/q;;;;+1/p-1. The summed E-state index contributed by atoms with van der Waals surface area (Å²) in [6.07, 6.45) is 0. The van der Waals surface area contributed by atoms with Crippen molar-refractivity contribution in [2.75, 3.05) is 0 Å². The van der Waals surface area contributed by atoms with Crippen LogP contribution in [0.5, 0.6) is 0 Å². The zero-order chi connectivity index (χ0) is 4.50. The molecule has 0 aromatic carbocycles. The Bertz CT molecular complexity index is 65.9. The second-order valence-electron chi connectivity index (χ2n) is 1.25. The number of rotatable bonds is 0. The average Bonchev–Trinajstić information content (AvgIpc) is 0.722. The van der Waals surface area contributed by atoms with Crippen LogP contribution in [0.2, 0.25) is 11.4 Å². The molecule has 0 bridgehead atoms. The molecule has 0 aliphatic heterocycles. The van der Waals surface area contributed by atoms with Gasteiger partial charge in [0.15, 0.2) is 0 Å². The van der Waals surface area contributed by atoms with Crippen molar-refractivity contribution in [3.8, 4) is 0 Å². The minimum atomic E-state index is -3.38. The van der Waals surface area contributed by atoms with Gasteiger partial charge in [0, 0.05) is 0 Å². The Labute approximate surface area is 119 Å². The fourth-order valence-corrected chi connectivity index (χ4v) is 0. The summed E-state index contributed by atoms with van der Waals surface area (Å²) >= 11 is -3.38. The van der Waals surface area contributed by atoms with Gasteiger partial charge in [-0.1, -0.05) is 0 Å². The maximum Gasteiger partial charge on any atom is 1.00 e. The zero-order valence-corrected chi connectivity index (χ0v) is 12.9. The first-order valence-corrected chi connectivity index (χ1v) is 6.54. The molecule has 2 nitrogen and oxygen atoms in total. The van der Waals surface area contributed by atoms with Crippen molar-refractivity contribution in [3.05, 3.63) is 0 Å². The van der Waals surface area contributed by atoms with E-state index >= 15 is 0 Å². The fourth-order valence-electron chi connectivity index (χ4n) is 0. The second-order valence-corrected chi connectivity index (χ2v) is 6.51. The normalized spacial score (nSPS) is 6.56. The Morgan fingerprint density at radius 1 is 1.11 bits per heavy atom. The van der Waals surface area contributed by atoms with Gasteiger partial charge >= 0.3 is 84.5 Å². The van der Waals surface area contributed by atoms with E-state index in [1.54, 1.807) is 0 Å². The zero-order valence-electron chi connectivity index (χ0n) is 5.49. The van der Waals surface area contributed by atoms with E-state index in [0.29, 0.717) is 0 Å². The molecule has 9 heavy (non-hydrogen) atoms. The van der Waals surface area contributed by atoms with Crippen molar-refractivity contribution in [3.63, 3.8) is 0 Å². The summed E-state index contributed by atoms with van der Waals surface area (Å²) < 4.78 is 19.4. The van der Waals surface area contributed by atoms with Gasteiger partial charge in [-0.05, 0) is 0 Å². The number of hydrogen-bond acceptors (Lipinski definition) is 2. The van der Waals surface area contributed by atoms with Crippen LogP contribution in [-0.4, -0.2) is 13.8 Å². The topological polar surface area (TPSA) is 40.1 Å². The van der Waals surface area contributed by atoms with Crippen LogP contribution >= 0.6 is 37.2 Å². The first-order valence-electron chi connectivity index (χ1n) is 1.26. The maximum atomic E-state index is 9.72. The third-order valence-corrected chi connectivity index (χ3v) is 0. The molecule has 0 rings (SSSR count). The molecule has 7 heteroatoms. The van der Waals surface area contributed by atoms with E-state index in [9.17, 15) is 7.84 Å². The van der Waals surface area contributed by atoms with Gasteiger partial charge in [-0.15, -0.1) is 37.2 Å². The third-order valence-electron chi connectivity index (χ3n) is 0. The van der Waals surface area contributed by atoms with Gasteiger partial charge in [-0.2, -0.15) is 0 Å². The summed E-state index contributed by atoms with van der Waals surface area (Å²) in [7, 11) is 0. The number of hydrogen-bond donors (Lipinski definition) is 0. The van der Waals surface area contributed by atoms with E-state index in [2.05, 4.69) is 0 Å². The second kappa shape index (κ2) is 13.4. The van der Waals surface area contributed by atoms with Crippen LogP contribution in [0.3, 0.4) is 0 Å². The van der Waals surface area contributed by atoms with E-state index < -0.39 is 13.8 Å². The van der Waals surface area contributed by atoms with Gasteiger partial charge in [0.05, 0.1) is 0 Å². The van der Waals surface area contributed by atoms with Crippen LogP contribution in [0, 0.1) is 0 Å². The Hall–Kier alpha value is 2.82. The van der Waals surface area contributed by atoms with Gasteiger partial charge in [0.25, 0.3) is 0 Å². The van der Waals surface area contributed by atoms with Crippen LogP contribution in [0.1, 0.15) is 0 Å². The van der Waals surface area contributed by atoms with Crippen molar-refractivity contribution in [1.29, 1.82) is 0 Å². The summed E-state index contributed by atoms with van der Waals surface area (Å²) in [5.74, 6) is 0. The fraction of sp³-hybridized carbons (Fsp3) is 1.00. The molecule has 0 aromatic rings. The van der Waals surface area contributed by atoms with E-state index in [0.717, 1.165) is 0 Å². The minimum absolute atomic E-state index is 0. The Morgan fingerprint density at radius 2 is 1.11 bits per heavy atom. The molecule has 0 amide bonds. The summed E-state index contributed by atoms with van der Waals surface area (Å²) in [5, 5.41) is 0. The van der Waals surface area contributed by atoms with Crippen LogP contribution in [0.15, 0.2) is 0 Å². The molecule has 56 valence electrons. The van der Waals surface area contributed by atoms with Crippen molar-refractivity contribution >= 4 is 51.1 Å². The first kappa shape index (κ1) is 29.7. The molecule has 0 unspecified atom stereocenters. The number of halogens is 3. The molecular formula is C2H9AsCl3KO2. The summed E-state index contributed by atoms with van der Waals surface area (Å²) in [6, 6.07) is 0. The summed E-state index contributed by atoms with van der Waals surface area (Å²) in [5.41, 5.74) is 2.50. The van der Waals surface area contributed by atoms with Gasteiger partial charge < -0.3 is 0 Å².